The molecule has 0 saturated heterocycles. The van der Waals surface area contributed by atoms with Gasteiger partial charge in [0.05, 0.1) is 10.6 Å². The Hall–Kier alpha value is -1.40. The molecule has 0 bridgehead atoms. The zero-order valence-electron chi connectivity index (χ0n) is 7.76. The van der Waals surface area contributed by atoms with Gasteiger partial charge in [-0.15, -0.1) is 0 Å². The zero-order valence-corrected chi connectivity index (χ0v) is 8.51. The van der Waals surface area contributed by atoms with Crippen LogP contribution in [0, 0.1) is 23.1 Å². The average Bonchev–Trinajstić information content (AvgIpc) is 3.01. The summed E-state index contributed by atoms with van der Waals surface area (Å²) >= 11 is 5.63. The molecule has 4 heteroatoms. The molecule has 1 saturated carbocycles. The maximum atomic E-state index is 13.6. The molecule has 2 nitrogen and oxygen atoms in total. The second kappa shape index (κ2) is 3.63. The quantitative estimate of drug-likeness (QED) is 0.724. The van der Waals surface area contributed by atoms with Crippen molar-refractivity contribution in [1.82, 2.24) is 0 Å². The molecule has 0 aliphatic heterocycles. The number of nitriles is 1. The Morgan fingerprint density at radius 2 is 2.20 bits per heavy atom. The van der Waals surface area contributed by atoms with Crippen LogP contribution in [-0.2, 0) is 0 Å². The number of ketones is 1. The zero-order chi connectivity index (χ0) is 11.0. The molecule has 0 amide bonds. The van der Waals surface area contributed by atoms with Crippen LogP contribution >= 0.6 is 11.6 Å². The summed E-state index contributed by atoms with van der Waals surface area (Å²) in [6, 6.07) is 4.39. The van der Waals surface area contributed by atoms with E-state index in [-0.39, 0.29) is 27.9 Å². The highest BCUT2D eigenvalue weighted by Crippen LogP contribution is 2.34. The molecule has 0 aromatic heterocycles. The van der Waals surface area contributed by atoms with Gasteiger partial charge in [-0.2, -0.15) is 5.26 Å². The standard InChI is InChI=1S/C11H7ClFNO/c12-9-4-3-7(10(13)8(9)5-14)11(15)6-1-2-6/h3-4,6H,1-2H2. The molecule has 1 fully saturated rings. The number of hydrogen-bond donors (Lipinski definition) is 0. The summed E-state index contributed by atoms with van der Waals surface area (Å²) < 4.78 is 13.6. The number of carbonyl (C=O) groups is 1. The molecule has 0 radical (unpaired) electrons. The van der Waals surface area contributed by atoms with Crippen LogP contribution in [0.15, 0.2) is 12.1 Å². The number of nitrogens with zero attached hydrogens (tertiary/aromatic N) is 1. The van der Waals surface area contributed by atoms with Crippen molar-refractivity contribution >= 4 is 17.4 Å². The van der Waals surface area contributed by atoms with E-state index in [0.717, 1.165) is 12.8 Å². The van der Waals surface area contributed by atoms with Crippen molar-refractivity contribution in [3.63, 3.8) is 0 Å². The Kier molecular flexibility index (Phi) is 2.45. The molecule has 1 aliphatic rings. The number of carbonyl (C=O) groups excluding carboxylic acids is 1. The molecule has 1 aromatic carbocycles. The van der Waals surface area contributed by atoms with Crippen molar-refractivity contribution in [2.75, 3.05) is 0 Å². The summed E-state index contributed by atoms with van der Waals surface area (Å²) in [5, 5.41) is 8.72. The van der Waals surface area contributed by atoms with Crippen LogP contribution in [-0.4, -0.2) is 5.78 Å². The molecule has 15 heavy (non-hydrogen) atoms. The summed E-state index contributed by atoms with van der Waals surface area (Å²) in [5.74, 6) is -1.07. The van der Waals surface area contributed by atoms with Crippen LogP contribution in [0.5, 0.6) is 0 Å². The summed E-state index contributed by atoms with van der Waals surface area (Å²) in [7, 11) is 0. The van der Waals surface area contributed by atoms with Crippen LogP contribution in [0.2, 0.25) is 5.02 Å². The van der Waals surface area contributed by atoms with Gasteiger partial charge in [0.1, 0.15) is 11.6 Å². The van der Waals surface area contributed by atoms with E-state index in [1.54, 1.807) is 6.07 Å². The van der Waals surface area contributed by atoms with E-state index in [1.807, 2.05) is 0 Å². The minimum atomic E-state index is -0.790. The third-order valence-electron chi connectivity index (χ3n) is 2.42. The second-order valence-electron chi connectivity index (χ2n) is 3.53. The lowest BCUT2D eigenvalue weighted by molar-refractivity contribution is 0.0963. The van der Waals surface area contributed by atoms with Gasteiger partial charge in [-0.1, -0.05) is 11.6 Å². The average molecular weight is 224 g/mol. The molecular formula is C11H7ClFNO. The number of hydrogen-bond acceptors (Lipinski definition) is 2. The van der Waals surface area contributed by atoms with Crippen LogP contribution in [0.4, 0.5) is 4.39 Å². The van der Waals surface area contributed by atoms with Gasteiger partial charge in [-0.25, -0.2) is 4.39 Å². The Labute approximate surface area is 91.3 Å². The van der Waals surface area contributed by atoms with Crippen molar-refractivity contribution in [3.05, 3.63) is 34.1 Å². The lowest BCUT2D eigenvalue weighted by Gasteiger charge is -2.03. The number of halogens is 2. The van der Waals surface area contributed by atoms with Gasteiger partial charge in [-0.05, 0) is 25.0 Å². The summed E-state index contributed by atoms with van der Waals surface area (Å²) in [6.07, 6.45) is 1.62. The number of Topliss-reactive ketones (excluding diaryl/α,β-unsaturated/α-hetero) is 1. The fourth-order valence-corrected chi connectivity index (χ4v) is 1.60. The lowest BCUT2D eigenvalue weighted by Crippen LogP contribution is -2.06. The van der Waals surface area contributed by atoms with Crippen molar-refractivity contribution in [2.24, 2.45) is 5.92 Å². The van der Waals surface area contributed by atoms with E-state index in [0.29, 0.717) is 0 Å². The molecule has 1 aliphatic carbocycles. The molecule has 1 aromatic rings. The van der Waals surface area contributed by atoms with Crippen molar-refractivity contribution in [1.29, 1.82) is 5.26 Å². The Balaban J connectivity index is 2.49. The molecule has 0 atom stereocenters. The largest absolute Gasteiger partial charge is 0.294 e. The normalized spacial score (nSPS) is 14.7. The van der Waals surface area contributed by atoms with E-state index >= 15 is 0 Å². The highest BCUT2D eigenvalue weighted by molar-refractivity contribution is 6.31. The third-order valence-corrected chi connectivity index (χ3v) is 2.73. The van der Waals surface area contributed by atoms with Crippen molar-refractivity contribution < 1.29 is 9.18 Å². The minimum Gasteiger partial charge on any atom is -0.294 e. The van der Waals surface area contributed by atoms with E-state index in [2.05, 4.69) is 0 Å². The highest BCUT2D eigenvalue weighted by atomic mass is 35.5. The van der Waals surface area contributed by atoms with Gasteiger partial charge in [-0.3, -0.25) is 4.79 Å². The van der Waals surface area contributed by atoms with Crippen molar-refractivity contribution in [2.45, 2.75) is 12.8 Å². The maximum Gasteiger partial charge on any atom is 0.168 e. The van der Waals surface area contributed by atoms with E-state index in [1.165, 1.54) is 12.1 Å². The van der Waals surface area contributed by atoms with Gasteiger partial charge in [0, 0.05) is 5.92 Å². The second-order valence-corrected chi connectivity index (χ2v) is 3.94. The van der Waals surface area contributed by atoms with Gasteiger partial charge in [0.15, 0.2) is 11.6 Å². The van der Waals surface area contributed by atoms with Crippen LogP contribution in [0.3, 0.4) is 0 Å². The first-order valence-corrected chi connectivity index (χ1v) is 4.95. The first-order chi connectivity index (χ1) is 7.15. The molecule has 0 unspecified atom stereocenters. The third kappa shape index (κ3) is 1.73. The van der Waals surface area contributed by atoms with Crippen LogP contribution < -0.4 is 0 Å². The highest BCUT2D eigenvalue weighted by Gasteiger charge is 2.32. The molecule has 0 N–H and O–H groups in total. The summed E-state index contributed by atoms with van der Waals surface area (Å²) in [5.41, 5.74) is -0.262. The van der Waals surface area contributed by atoms with Gasteiger partial charge in [0.25, 0.3) is 0 Å². The predicted molar refractivity (Wildman–Crippen MR) is 53.2 cm³/mol. The summed E-state index contributed by atoms with van der Waals surface area (Å²) in [6.45, 7) is 0. The smallest absolute Gasteiger partial charge is 0.168 e. The van der Waals surface area contributed by atoms with E-state index in [9.17, 15) is 9.18 Å². The fourth-order valence-electron chi connectivity index (χ4n) is 1.41. The summed E-state index contributed by atoms with van der Waals surface area (Å²) in [4.78, 5) is 11.6. The van der Waals surface area contributed by atoms with Gasteiger partial charge in [0.2, 0.25) is 0 Å². The Bertz CT molecular complexity index is 474. The SMILES string of the molecule is N#Cc1c(Cl)ccc(C(=O)C2CC2)c1F. The van der Waals surface area contributed by atoms with Gasteiger partial charge >= 0.3 is 0 Å². The molecule has 2 rings (SSSR count). The first-order valence-electron chi connectivity index (χ1n) is 4.57. The number of rotatable bonds is 2. The molecule has 0 heterocycles. The maximum absolute atomic E-state index is 13.6. The lowest BCUT2D eigenvalue weighted by atomic mass is 10.0. The molecular weight excluding hydrogens is 217 g/mol. The number of benzene rings is 1. The monoisotopic (exact) mass is 223 g/mol. The molecule has 0 spiro atoms. The minimum absolute atomic E-state index is 0.0153. The Morgan fingerprint density at radius 3 is 2.73 bits per heavy atom. The van der Waals surface area contributed by atoms with E-state index < -0.39 is 5.82 Å². The topological polar surface area (TPSA) is 40.9 Å². The first kappa shape index (κ1) is 10.1. The van der Waals surface area contributed by atoms with Gasteiger partial charge < -0.3 is 0 Å². The van der Waals surface area contributed by atoms with Crippen LogP contribution in [0.1, 0.15) is 28.8 Å². The van der Waals surface area contributed by atoms with Crippen LogP contribution in [0.25, 0.3) is 0 Å². The molecule has 76 valence electrons. The Morgan fingerprint density at radius 1 is 1.53 bits per heavy atom. The fraction of sp³-hybridized carbons (Fsp3) is 0.273. The van der Waals surface area contributed by atoms with E-state index in [4.69, 9.17) is 16.9 Å². The predicted octanol–water partition coefficient (Wildman–Crippen LogP) is 2.94. The van der Waals surface area contributed by atoms with Crippen molar-refractivity contribution in [3.8, 4) is 6.07 Å².